The average molecular weight is 247 g/mol. The lowest BCUT2D eigenvalue weighted by atomic mass is 10.1. The van der Waals surface area contributed by atoms with Crippen molar-refractivity contribution in [3.8, 4) is 0 Å². The zero-order valence-corrected chi connectivity index (χ0v) is 10.1. The van der Waals surface area contributed by atoms with Gasteiger partial charge >= 0.3 is 0 Å². The van der Waals surface area contributed by atoms with E-state index in [9.17, 15) is 8.42 Å². The van der Waals surface area contributed by atoms with Gasteiger partial charge < -0.3 is 0 Å². The van der Waals surface area contributed by atoms with Gasteiger partial charge in [0.2, 0.25) is 10.0 Å². The van der Waals surface area contributed by atoms with E-state index in [1.165, 1.54) is 6.07 Å². The summed E-state index contributed by atoms with van der Waals surface area (Å²) in [5.41, 5.74) is 2.25. The van der Waals surface area contributed by atoms with Crippen LogP contribution in [-0.4, -0.2) is 8.42 Å². The van der Waals surface area contributed by atoms with Crippen LogP contribution in [0.3, 0.4) is 0 Å². The highest BCUT2D eigenvalue weighted by atomic mass is 32.2. The molecule has 0 aliphatic heterocycles. The number of sulfonamides is 1. The summed E-state index contributed by atoms with van der Waals surface area (Å²) in [4.78, 5) is 0.149. The van der Waals surface area contributed by atoms with Gasteiger partial charge in [-0.25, -0.2) is 13.6 Å². The highest BCUT2D eigenvalue weighted by molar-refractivity contribution is 7.89. The standard InChI is InChI=1S/C10H9NO2S.C3H4/c11-14(12,13)10-6-5-8-3-1-2-4-9(8)7-10;1-3-2/h1-7H,(H2,11,12,13);1-2H2. The molecule has 0 aliphatic rings. The fourth-order valence-electron chi connectivity index (χ4n) is 1.34. The molecule has 17 heavy (non-hydrogen) atoms. The van der Waals surface area contributed by atoms with Gasteiger partial charge in [0.15, 0.2) is 0 Å². The fourth-order valence-corrected chi connectivity index (χ4v) is 1.89. The van der Waals surface area contributed by atoms with E-state index in [1.807, 2.05) is 24.3 Å². The van der Waals surface area contributed by atoms with E-state index in [0.717, 1.165) is 10.8 Å². The van der Waals surface area contributed by atoms with Crippen LogP contribution in [0.25, 0.3) is 10.8 Å². The van der Waals surface area contributed by atoms with Crippen molar-refractivity contribution >= 4 is 20.8 Å². The van der Waals surface area contributed by atoms with Gasteiger partial charge in [0.25, 0.3) is 0 Å². The summed E-state index contributed by atoms with van der Waals surface area (Å²) < 4.78 is 22.1. The van der Waals surface area contributed by atoms with Crippen LogP contribution in [0.1, 0.15) is 0 Å². The first-order chi connectivity index (χ1) is 7.99. The molecule has 4 heteroatoms. The topological polar surface area (TPSA) is 60.2 Å². The molecule has 0 saturated heterocycles. The van der Waals surface area contributed by atoms with E-state index >= 15 is 0 Å². The molecule has 0 radical (unpaired) electrons. The van der Waals surface area contributed by atoms with Crippen molar-refractivity contribution in [3.05, 3.63) is 61.4 Å². The summed E-state index contributed by atoms with van der Waals surface area (Å²) in [6.45, 7) is 6.25. The summed E-state index contributed by atoms with van der Waals surface area (Å²) in [6.07, 6.45) is 0. The first-order valence-electron chi connectivity index (χ1n) is 4.80. The van der Waals surface area contributed by atoms with Crippen molar-refractivity contribution < 1.29 is 8.42 Å². The number of nitrogens with two attached hydrogens (primary N) is 1. The minimum Gasteiger partial charge on any atom is -0.225 e. The Labute approximate surface area is 101 Å². The lowest BCUT2D eigenvalue weighted by molar-refractivity contribution is 0.598. The average Bonchev–Trinajstić information content (AvgIpc) is 2.28. The molecule has 0 unspecified atom stereocenters. The zero-order chi connectivity index (χ0) is 12.9. The smallest absolute Gasteiger partial charge is 0.225 e. The normalized spacial score (nSPS) is 10.2. The van der Waals surface area contributed by atoms with Crippen LogP contribution in [0, 0.1) is 0 Å². The van der Waals surface area contributed by atoms with Crippen LogP contribution in [0.4, 0.5) is 0 Å². The minimum atomic E-state index is -3.59. The largest absolute Gasteiger partial charge is 0.238 e. The molecule has 0 bridgehead atoms. The highest BCUT2D eigenvalue weighted by Crippen LogP contribution is 2.17. The van der Waals surface area contributed by atoms with Crippen molar-refractivity contribution in [2.24, 2.45) is 5.14 Å². The molecular weight excluding hydrogens is 234 g/mol. The maximum Gasteiger partial charge on any atom is 0.238 e. The first-order valence-corrected chi connectivity index (χ1v) is 6.34. The Morgan fingerprint density at radius 1 is 1.00 bits per heavy atom. The zero-order valence-electron chi connectivity index (χ0n) is 9.26. The molecule has 2 N–H and O–H groups in total. The first kappa shape index (κ1) is 13.2. The van der Waals surface area contributed by atoms with Crippen LogP contribution in [-0.2, 0) is 10.0 Å². The van der Waals surface area contributed by atoms with E-state index in [0.29, 0.717) is 0 Å². The Kier molecular flexibility index (Phi) is 4.24. The van der Waals surface area contributed by atoms with Gasteiger partial charge in [0.1, 0.15) is 0 Å². The lowest BCUT2D eigenvalue weighted by Crippen LogP contribution is -2.11. The van der Waals surface area contributed by atoms with E-state index in [-0.39, 0.29) is 4.90 Å². The molecular formula is C13H13NO2S. The summed E-state index contributed by atoms with van der Waals surface area (Å²) >= 11 is 0. The monoisotopic (exact) mass is 247 g/mol. The van der Waals surface area contributed by atoms with Crippen molar-refractivity contribution in [1.82, 2.24) is 0 Å². The van der Waals surface area contributed by atoms with Crippen molar-refractivity contribution in [2.75, 3.05) is 0 Å². The number of rotatable bonds is 1. The quantitative estimate of drug-likeness (QED) is 0.787. The maximum atomic E-state index is 11.1. The number of hydrogen-bond donors (Lipinski definition) is 1. The van der Waals surface area contributed by atoms with Crippen LogP contribution >= 0.6 is 0 Å². The molecule has 0 aromatic heterocycles. The molecule has 0 atom stereocenters. The predicted octanol–water partition coefficient (Wildman–Crippen LogP) is 2.44. The van der Waals surface area contributed by atoms with Gasteiger partial charge in [-0.3, -0.25) is 0 Å². The summed E-state index contributed by atoms with van der Waals surface area (Å²) in [5.74, 6) is 0. The van der Waals surface area contributed by atoms with Gasteiger partial charge in [0.05, 0.1) is 4.90 Å². The number of primary sulfonamides is 1. The van der Waals surface area contributed by atoms with Gasteiger partial charge in [-0.2, -0.15) is 0 Å². The second kappa shape index (κ2) is 5.46. The van der Waals surface area contributed by atoms with Gasteiger partial charge in [-0.15, -0.1) is 5.73 Å². The van der Waals surface area contributed by atoms with Crippen molar-refractivity contribution in [2.45, 2.75) is 4.90 Å². The summed E-state index contributed by atoms with van der Waals surface area (Å²) in [5, 5.41) is 6.89. The van der Waals surface area contributed by atoms with Crippen LogP contribution in [0.2, 0.25) is 0 Å². The van der Waals surface area contributed by atoms with Crippen molar-refractivity contribution in [3.63, 3.8) is 0 Å². The van der Waals surface area contributed by atoms with Gasteiger partial charge in [-0.1, -0.05) is 43.5 Å². The number of fused-ring (bicyclic) bond motifs is 1. The van der Waals surface area contributed by atoms with E-state index < -0.39 is 10.0 Å². The van der Waals surface area contributed by atoms with Crippen molar-refractivity contribution in [1.29, 1.82) is 0 Å². The van der Waals surface area contributed by atoms with Crippen LogP contribution in [0.15, 0.2) is 66.2 Å². The molecule has 0 amide bonds. The third-order valence-electron chi connectivity index (χ3n) is 2.05. The fraction of sp³-hybridized carbons (Fsp3) is 0. The van der Waals surface area contributed by atoms with Crippen LogP contribution < -0.4 is 5.14 Å². The molecule has 0 aliphatic carbocycles. The van der Waals surface area contributed by atoms with Gasteiger partial charge in [-0.05, 0) is 22.9 Å². The second-order valence-electron chi connectivity index (χ2n) is 3.30. The molecule has 0 fully saturated rings. The minimum absolute atomic E-state index is 0.149. The maximum absolute atomic E-state index is 11.1. The number of hydrogen-bond acceptors (Lipinski definition) is 2. The van der Waals surface area contributed by atoms with Gasteiger partial charge in [0, 0.05) is 0 Å². The van der Waals surface area contributed by atoms with E-state index in [2.05, 4.69) is 18.9 Å². The molecule has 2 aromatic carbocycles. The third-order valence-corrected chi connectivity index (χ3v) is 2.96. The van der Waals surface area contributed by atoms with E-state index in [4.69, 9.17) is 5.14 Å². The summed E-state index contributed by atoms with van der Waals surface area (Å²) in [6, 6.07) is 12.4. The molecule has 0 saturated carbocycles. The van der Waals surface area contributed by atoms with Crippen LogP contribution in [0.5, 0.6) is 0 Å². The number of benzene rings is 2. The Morgan fingerprint density at radius 2 is 1.53 bits per heavy atom. The lowest BCUT2D eigenvalue weighted by Gasteiger charge is -2.00. The molecule has 0 heterocycles. The molecule has 2 rings (SSSR count). The Morgan fingerprint density at radius 3 is 2.06 bits per heavy atom. The Hall–Kier alpha value is -1.87. The molecule has 88 valence electrons. The molecule has 3 nitrogen and oxygen atoms in total. The molecule has 0 spiro atoms. The molecule has 2 aromatic rings. The predicted molar refractivity (Wildman–Crippen MR) is 70.1 cm³/mol. The van der Waals surface area contributed by atoms with E-state index in [1.54, 1.807) is 12.1 Å². The summed E-state index contributed by atoms with van der Waals surface area (Å²) in [7, 11) is -3.59. The second-order valence-corrected chi connectivity index (χ2v) is 4.87. The highest BCUT2D eigenvalue weighted by Gasteiger charge is 2.07. The Balaban J connectivity index is 0.000000437. The Bertz CT molecular complexity index is 654. The SMILES string of the molecule is C=C=C.NS(=O)(=O)c1ccc2ccccc2c1. The third kappa shape index (κ3) is 3.57.